The van der Waals surface area contributed by atoms with Gasteiger partial charge in [-0.25, -0.2) is 14.6 Å². The summed E-state index contributed by atoms with van der Waals surface area (Å²) in [6.45, 7) is 1.81. The molecule has 49 heavy (non-hydrogen) atoms. The maximum Gasteiger partial charge on any atom is 0.408 e. The van der Waals surface area contributed by atoms with Crippen LogP contribution in [0, 0.1) is 0 Å². The molecule has 0 aliphatic carbocycles. The zero-order valence-electron chi connectivity index (χ0n) is 26.8. The van der Waals surface area contributed by atoms with Crippen molar-refractivity contribution in [3.05, 3.63) is 63.4 Å². The third kappa shape index (κ3) is 6.78. The molecule has 3 aliphatic heterocycles. The van der Waals surface area contributed by atoms with E-state index in [0.29, 0.717) is 17.9 Å². The second-order valence-electron chi connectivity index (χ2n) is 11.9. The number of aliphatic hydroxyl groups is 4. The highest BCUT2D eigenvalue weighted by atomic mass is 16.7. The van der Waals surface area contributed by atoms with Gasteiger partial charge in [0, 0.05) is 23.1 Å². The SMILES string of the molecule is CC[C@@]1(OC(=O)NCCOCCOCCO[C@@H]2O[C@H](CO)[C@H](O)[C@H](O)[C@H]2O)C(=O)OCc2c1cc1n(c2=O)Cc2cc3ccccc3nc2-1. The van der Waals surface area contributed by atoms with Crippen molar-refractivity contribution < 1.29 is 58.4 Å². The average molecular weight is 686 g/mol. The Bertz CT molecular complexity index is 1750. The molecule has 0 saturated carbocycles. The van der Waals surface area contributed by atoms with Gasteiger partial charge in [0.15, 0.2) is 6.29 Å². The van der Waals surface area contributed by atoms with E-state index >= 15 is 0 Å². The van der Waals surface area contributed by atoms with Gasteiger partial charge in [-0.2, -0.15) is 0 Å². The van der Waals surface area contributed by atoms with Crippen LogP contribution in [0.15, 0.2) is 41.2 Å². The normalized spacial score (nSPS) is 25.7. The van der Waals surface area contributed by atoms with Gasteiger partial charge in [-0.05, 0) is 24.6 Å². The summed E-state index contributed by atoms with van der Waals surface area (Å²) in [6.07, 6.45) is -7.66. The summed E-state index contributed by atoms with van der Waals surface area (Å²) in [7, 11) is 0. The Hall–Kier alpha value is -4.00. The van der Waals surface area contributed by atoms with Gasteiger partial charge < -0.3 is 58.7 Å². The summed E-state index contributed by atoms with van der Waals surface area (Å²) in [5.74, 6) is -0.768. The molecule has 0 bridgehead atoms. The Morgan fingerprint density at radius 3 is 2.57 bits per heavy atom. The number of hydrogen-bond acceptors (Lipinski definition) is 14. The molecule has 16 heteroatoms. The summed E-state index contributed by atoms with van der Waals surface area (Å²) < 4.78 is 34.2. The van der Waals surface area contributed by atoms with Gasteiger partial charge in [-0.1, -0.05) is 25.1 Å². The zero-order chi connectivity index (χ0) is 34.7. The number of cyclic esters (lactones) is 1. The zero-order valence-corrected chi connectivity index (χ0v) is 26.8. The van der Waals surface area contributed by atoms with E-state index in [1.807, 2.05) is 30.3 Å². The number of nitrogens with one attached hydrogen (secondary N) is 1. The van der Waals surface area contributed by atoms with Gasteiger partial charge in [0.1, 0.15) is 31.0 Å². The van der Waals surface area contributed by atoms with Gasteiger partial charge >= 0.3 is 12.1 Å². The second kappa shape index (κ2) is 14.9. The molecule has 2 aromatic heterocycles. The molecule has 5 heterocycles. The molecule has 16 nitrogen and oxygen atoms in total. The number of aromatic nitrogens is 2. The average Bonchev–Trinajstić information content (AvgIpc) is 3.46. The van der Waals surface area contributed by atoms with E-state index in [4.69, 9.17) is 33.4 Å². The van der Waals surface area contributed by atoms with Gasteiger partial charge in [0.2, 0.25) is 5.60 Å². The first-order valence-corrected chi connectivity index (χ1v) is 16.1. The molecular formula is C33H39N3O13. The quantitative estimate of drug-likeness (QED) is 0.0899. The van der Waals surface area contributed by atoms with Crippen molar-refractivity contribution in [3.63, 3.8) is 0 Å². The highest BCUT2D eigenvalue weighted by Crippen LogP contribution is 2.41. The Kier molecular flexibility index (Phi) is 10.6. The maximum absolute atomic E-state index is 13.7. The number of aliphatic hydroxyl groups excluding tert-OH is 4. The minimum Gasteiger partial charge on any atom is -0.457 e. The number of alkyl carbamates (subject to hydrolysis) is 1. The summed E-state index contributed by atoms with van der Waals surface area (Å²) >= 11 is 0. The maximum atomic E-state index is 13.7. The number of nitrogens with zero attached hydrogens (tertiary/aromatic N) is 2. The molecule has 1 saturated heterocycles. The van der Waals surface area contributed by atoms with Crippen LogP contribution in [0.3, 0.4) is 0 Å². The number of fused-ring (bicyclic) bond motifs is 5. The number of hydrogen-bond donors (Lipinski definition) is 5. The summed E-state index contributed by atoms with van der Waals surface area (Å²) in [5, 5.41) is 42.4. The number of para-hydroxylation sites is 1. The van der Waals surface area contributed by atoms with E-state index in [0.717, 1.165) is 16.5 Å². The summed E-state index contributed by atoms with van der Waals surface area (Å²) in [5.41, 5.74) is 1.18. The molecular weight excluding hydrogens is 646 g/mol. The molecule has 1 fully saturated rings. The molecule has 0 radical (unpaired) electrons. The predicted molar refractivity (Wildman–Crippen MR) is 168 cm³/mol. The van der Waals surface area contributed by atoms with E-state index in [9.17, 15) is 34.8 Å². The third-order valence-electron chi connectivity index (χ3n) is 8.90. The van der Waals surface area contributed by atoms with Crippen molar-refractivity contribution in [2.45, 2.75) is 62.8 Å². The van der Waals surface area contributed by atoms with Gasteiger partial charge in [-0.3, -0.25) is 4.79 Å². The number of rotatable bonds is 13. The minimum atomic E-state index is -1.83. The predicted octanol–water partition coefficient (Wildman–Crippen LogP) is -0.337. The van der Waals surface area contributed by atoms with Crippen LogP contribution in [0.5, 0.6) is 0 Å². The van der Waals surface area contributed by atoms with Gasteiger partial charge in [-0.15, -0.1) is 0 Å². The minimum absolute atomic E-state index is 0.00388. The fraction of sp³-hybridized carbons (Fsp3) is 0.515. The Morgan fingerprint density at radius 1 is 1.04 bits per heavy atom. The van der Waals surface area contributed by atoms with Crippen LogP contribution in [0.4, 0.5) is 4.79 Å². The van der Waals surface area contributed by atoms with Crippen molar-refractivity contribution in [3.8, 4) is 11.4 Å². The lowest BCUT2D eigenvalue weighted by atomic mass is 9.85. The van der Waals surface area contributed by atoms with Gasteiger partial charge in [0.05, 0.1) is 68.7 Å². The summed E-state index contributed by atoms with van der Waals surface area (Å²) in [4.78, 5) is 44.6. The molecule has 0 spiro atoms. The van der Waals surface area contributed by atoms with E-state index < -0.39 is 55.0 Å². The lowest BCUT2D eigenvalue weighted by molar-refractivity contribution is -0.302. The first-order chi connectivity index (χ1) is 23.7. The van der Waals surface area contributed by atoms with Crippen LogP contribution < -0.4 is 10.9 Å². The Morgan fingerprint density at radius 2 is 1.80 bits per heavy atom. The number of pyridine rings is 2. The van der Waals surface area contributed by atoms with Crippen LogP contribution in [-0.2, 0) is 52.0 Å². The molecule has 264 valence electrons. The number of ether oxygens (including phenoxy) is 6. The number of amides is 1. The van der Waals surface area contributed by atoms with Crippen LogP contribution in [0.1, 0.15) is 30.0 Å². The van der Waals surface area contributed by atoms with E-state index in [2.05, 4.69) is 5.32 Å². The topological polar surface area (TPSA) is 217 Å². The fourth-order valence-corrected chi connectivity index (χ4v) is 6.25. The molecule has 3 aromatic rings. The lowest BCUT2D eigenvalue weighted by Gasteiger charge is -2.39. The highest BCUT2D eigenvalue weighted by Gasteiger charge is 2.50. The van der Waals surface area contributed by atoms with Crippen LogP contribution in [0.2, 0.25) is 0 Å². The van der Waals surface area contributed by atoms with Crippen molar-refractivity contribution in [2.75, 3.05) is 46.2 Å². The molecule has 6 atom stereocenters. The Labute approximate surface area is 280 Å². The third-order valence-corrected chi connectivity index (χ3v) is 8.90. The number of carbonyl (C=O) groups excluding carboxylic acids is 2. The van der Waals surface area contributed by atoms with Crippen molar-refractivity contribution in [1.82, 2.24) is 14.9 Å². The van der Waals surface area contributed by atoms with E-state index in [1.54, 1.807) is 17.6 Å². The van der Waals surface area contributed by atoms with Gasteiger partial charge in [0.25, 0.3) is 5.56 Å². The van der Waals surface area contributed by atoms with Crippen LogP contribution in [0.25, 0.3) is 22.3 Å². The number of esters is 1. The molecule has 0 unspecified atom stereocenters. The van der Waals surface area contributed by atoms with Crippen LogP contribution >= 0.6 is 0 Å². The number of carbonyl (C=O) groups is 2. The van der Waals surface area contributed by atoms with Crippen molar-refractivity contribution >= 4 is 23.0 Å². The highest BCUT2D eigenvalue weighted by molar-refractivity contribution is 5.88. The Balaban J connectivity index is 0.987. The van der Waals surface area contributed by atoms with Crippen LogP contribution in [-0.4, -0.2) is 119 Å². The summed E-state index contributed by atoms with van der Waals surface area (Å²) in [6, 6.07) is 11.4. The largest absolute Gasteiger partial charge is 0.457 e. The molecule has 5 N–H and O–H groups in total. The van der Waals surface area contributed by atoms with E-state index in [-0.39, 0.29) is 69.3 Å². The second-order valence-corrected chi connectivity index (χ2v) is 11.9. The molecule has 1 aromatic carbocycles. The number of benzene rings is 1. The van der Waals surface area contributed by atoms with Crippen molar-refractivity contribution in [2.24, 2.45) is 0 Å². The standard InChI is InChI=1S/C33H39N3O13/c1-2-33(49-32(43)34-7-8-44-9-10-45-11-12-46-30-28(40)27(39)26(38)24(16-37)48-30)21-14-23-25-19(13-18-5-3-4-6-22(18)35-25)15-36(23)29(41)20(21)17-47-31(33)42/h3-6,13-14,24,26-28,30,37-40H,2,7-12,15-17H2,1H3,(H,34,43)/t24-,26+,27+,28-,30-,33+/m1/s1. The monoisotopic (exact) mass is 685 g/mol. The molecule has 3 aliphatic rings. The molecule has 6 rings (SSSR count). The molecule has 1 amide bonds. The first kappa shape index (κ1) is 34.8. The van der Waals surface area contributed by atoms with Crippen molar-refractivity contribution in [1.29, 1.82) is 0 Å². The smallest absolute Gasteiger partial charge is 0.408 e. The van der Waals surface area contributed by atoms with E-state index in [1.165, 1.54) is 0 Å². The first-order valence-electron chi connectivity index (χ1n) is 16.1. The fourth-order valence-electron chi connectivity index (χ4n) is 6.25. The lowest BCUT2D eigenvalue weighted by Crippen LogP contribution is -2.59.